The average molecular weight is 619 g/mol. The van der Waals surface area contributed by atoms with Crippen LogP contribution in [-0.4, -0.2) is 66.3 Å². The van der Waals surface area contributed by atoms with Gasteiger partial charge in [-0.05, 0) is 30.7 Å². The number of alkyl halides is 3. The molecule has 1 amide bonds. The highest BCUT2D eigenvalue weighted by Gasteiger charge is 2.35. The normalized spacial score (nSPS) is 13.0. The fraction of sp³-hybridized carbons (Fsp3) is 0.318. The smallest absolute Gasteiger partial charge is 0.364 e. The summed E-state index contributed by atoms with van der Waals surface area (Å²) < 4.78 is 92.3. The number of hydrogen-bond acceptors (Lipinski definition) is 11. The number of nitrogens with zero attached hydrogens (tertiary/aromatic N) is 5. The van der Waals surface area contributed by atoms with Gasteiger partial charge in [-0.25, -0.2) is 18.4 Å². The van der Waals surface area contributed by atoms with Gasteiger partial charge in [0.25, 0.3) is 10.1 Å². The van der Waals surface area contributed by atoms with Crippen LogP contribution in [0.4, 0.5) is 42.1 Å². The van der Waals surface area contributed by atoms with Crippen molar-refractivity contribution in [1.29, 1.82) is 0 Å². The molecule has 0 bridgehead atoms. The Morgan fingerprint density at radius 3 is 2.39 bits per heavy atom. The standard InChI is InChI=1S/C20H19F3N8O3S.C2H6O3S/c1-31(35(2,33)34)18-15(24-5-6-25-18)10-26-17-13(20(21,22)23)9-27-19(30-17)28-12-3-4-14-11(7-12)8-16(32)29-14;1-2-6(3,4)5/h3-7,9H,8,10H2,1-2H3,(H,29,32)(H2,26,27,28,30);2H2,1H3,(H,3,4,5). The van der Waals surface area contributed by atoms with Crippen molar-refractivity contribution in [1.82, 2.24) is 19.9 Å². The second kappa shape index (κ2) is 12.2. The molecule has 0 fully saturated rings. The molecule has 222 valence electrons. The summed E-state index contributed by atoms with van der Waals surface area (Å²) in [5, 5.41) is 8.09. The molecule has 4 N–H and O–H groups in total. The summed E-state index contributed by atoms with van der Waals surface area (Å²) in [5.74, 6) is -1.05. The molecule has 19 heteroatoms. The summed E-state index contributed by atoms with van der Waals surface area (Å²) in [4.78, 5) is 27.3. The number of carbonyl (C=O) groups excluding carboxylic acids is 1. The van der Waals surface area contributed by atoms with Crippen molar-refractivity contribution >= 4 is 55.0 Å². The summed E-state index contributed by atoms with van der Waals surface area (Å²) in [6.07, 6.45) is -0.400. The molecule has 14 nitrogen and oxygen atoms in total. The molecule has 4 rings (SSSR count). The van der Waals surface area contributed by atoms with E-state index >= 15 is 0 Å². The van der Waals surface area contributed by atoms with Crippen molar-refractivity contribution in [3.8, 4) is 0 Å². The summed E-state index contributed by atoms with van der Waals surface area (Å²) in [6, 6.07) is 4.97. The molecule has 0 atom stereocenters. The Bertz CT molecular complexity index is 1650. The summed E-state index contributed by atoms with van der Waals surface area (Å²) >= 11 is 0. The number of carbonyl (C=O) groups is 1. The van der Waals surface area contributed by atoms with E-state index < -0.39 is 37.7 Å². The molecule has 0 aliphatic carbocycles. The Morgan fingerprint density at radius 2 is 1.78 bits per heavy atom. The van der Waals surface area contributed by atoms with E-state index in [9.17, 15) is 34.8 Å². The first kappa shape index (κ1) is 31.4. The number of nitrogens with one attached hydrogen (secondary N) is 3. The molecule has 1 aromatic carbocycles. The average Bonchev–Trinajstić information content (AvgIpc) is 3.25. The van der Waals surface area contributed by atoms with Crippen LogP contribution < -0.4 is 20.3 Å². The largest absolute Gasteiger partial charge is 0.421 e. The van der Waals surface area contributed by atoms with Gasteiger partial charge in [0.1, 0.15) is 17.1 Å². The first-order valence-electron chi connectivity index (χ1n) is 11.5. The Balaban J connectivity index is 0.000000696. The summed E-state index contributed by atoms with van der Waals surface area (Å²) in [7, 11) is -6.08. The number of amides is 1. The van der Waals surface area contributed by atoms with Crippen LogP contribution in [0.3, 0.4) is 0 Å². The van der Waals surface area contributed by atoms with Crippen molar-refractivity contribution in [3.63, 3.8) is 0 Å². The van der Waals surface area contributed by atoms with Gasteiger partial charge in [-0.3, -0.25) is 18.6 Å². The Hall–Kier alpha value is -4.10. The fourth-order valence-electron chi connectivity index (χ4n) is 3.29. The Morgan fingerprint density at radius 1 is 1.12 bits per heavy atom. The van der Waals surface area contributed by atoms with E-state index in [-0.39, 0.29) is 42.1 Å². The maximum Gasteiger partial charge on any atom is 0.421 e. The number of sulfonamides is 1. The molecule has 0 spiro atoms. The van der Waals surface area contributed by atoms with Crippen LogP contribution in [-0.2, 0) is 44.1 Å². The van der Waals surface area contributed by atoms with Gasteiger partial charge in [-0.2, -0.15) is 26.6 Å². The molecule has 0 radical (unpaired) electrons. The third kappa shape index (κ3) is 8.69. The zero-order chi connectivity index (χ0) is 30.6. The zero-order valence-corrected chi connectivity index (χ0v) is 23.4. The maximum atomic E-state index is 13.6. The predicted octanol–water partition coefficient (Wildman–Crippen LogP) is 2.43. The van der Waals surface area contributed by atoms with Gasteiger partial charge in [0.2, 0.25) is 21.9 Å². The quantitative estimate of drug-likeness (QED) is 0.270. The van der Waals surface area contributed by atoms with Crippen LogP contribution in [0, 0.1) is 0 Å². The molecule has 41 heavy (non-hydrogen) atoms. The van der Waals surface area contributed by atoms with Crippen LogP contribution in [0.25, 0.3) is 0 Å². The van der Waals surface area contributed by atoms with E-state index in [4.69, 9.17) is 4.55 Å². The Labute approximate surface area is 233 Å². The maximum absolute atomic E-state index is 13.6. The SMILES string of the molecule is CCS(=O)(=O)O.CN(c1nccnc1CNc1nc(Nc2ccc3c(c2)CC(=O)N3)ncc1C(F)(F)F)S(C)(=O)=O. The number of fused-ring (bicyclic) bond motifs is 1. The highest BCUT2D eigenvalue weighted by molar-refractivity contribution is 7.92. The predicted molar refractivity (Wildman–Crippen MR) is 144 cm³/mol. The third-order valence-corrected chi connectivity index (χ3v) is 7.31. The number of aromatic nitrogens is 4. The number of benzene rings is 1. The summed E-state index contributed by atoms with van der Waals surface area (Å²) in [5.41, 5.74) is 0.855. The molecule has 0 saturated heterocycles. The van der Waals surface area contributed by atoms with E-state index in [1.165, 1.54) is 26.4 Å². The lowest BCUT2D eigenvalue weighted by molar-refractivity contribution is -0.137. The molecular weight excluding hydrogens is 593 g/mol. The van der Waals surface area contributed by atoms with E-state index in [1.807, 2.05) is 0 Å². The molecule has 0 saturated carbocycles. The number of rotatable bonds is 8. The second-order valence-corrected chi connectivity index (χ2v) is 12.2. The molecule has 3 heterocycles. The van der Waals surface area contributed by atoms with Crippen LogP contribution in [0.1, 0.15) is 23.7 Å². The molecule has 2 aromatic heterocycles. The highest BCUT2D eigenvalue weighted by atomic mass is 32.2. The minimum Gasteiger partial charge on any atom is -0.364 e. The van der Waals surface area contributed by atoms with E-state index in [0.717, 1.165) is 16.1 Å². The van der Waals surface area contributed by atoms with Crippen LogP contribution in [0.2, 0.25) is 0 Å². The monoisotopic (exact) mass is 618 g/mol. The molecular formula is C22H25F3N8O6S2. The first-order valence-corrected chi connectivity index (χ1v) is 15.0. The van der Waals surface area contributed by atoms with Gasteiger partial charge < -0.3 is 16.0 Å². The summed E-state index contributed by atoms with van der Waals surface area (Å²) in [6.45, 7) is 1.07. The van der Waals surface area contributed by atoms with Gasteiger partial charge in [-0.15, -0.1) is 0 Å². The lowest BCUT2D eigenvalue weighted by atomic mass is 10.1. The lowest BCUT2D eigenvalue weighted by Gasteiger charge is -2.19. The number of halogens is 3. The molecule has 3 aromatic rings. The molecule has 0 unspecified atom stereocenters. The van der Waals surface area contributed by atoms with E-state index in [2.05, 4.69) is 35.9 Å². The number of hydrogen-bond donors (Lipinski definition) is 4. The fourth-order valence-corrected chi connectivity index (χ4v) is 3.76. The van der Waals surface area contributed by atoms with Crippen LogP contribution >= 0.6 is 0 Å². The lowest BCUT2D eigenvalue weighted by Crippen LogP contribution is -2.27. The van der Waals surface area contributed by atoms with E-state index in [0.29, 0.717) is 17.6 Å². The highest BCUT2D eigenvalue weighted by Crippen LogP contribution is 2.35. The van der Waals surface area contributed by atoms with Crippen molar-refractivity contribution in [2.45, 2.75) is 26.1 Å². The molecule has 1 aliphatic heterocycles. The Kier molecular flexibility index (Phi) is 9.34. The van der Waals surface area contributed by atoms with Crippen molar-refractivity contribution in [2.24, 2.45) is 0 Å². The minimum atomic E-state index is -4.75. The van der Waals surface area contributed by atoms with Gasteiger partial charge >= 0.3 is 6.18 Å². The zero-order valence-electron chi connectivity index (χ0n) is 21.8. The topological polar surface area (TPSA) is 196 Å². The first-order chi connectivity index (χ1) is 19.0. The van der Waals surface area contributed by atoms with Crippen LogP contribution in [0.15, 0.2) is 36.8 Å². The second-order valence-electron chi connectivity index (χ2n) is 8.46. The van der Waals surface area contributed by atoms with Crippen molar-refractivity contribution in [2.75, 3.05) is 39.3 Å². The van der Waals surface area contributed by atoms with Gasteiger partial charge in [0.05, 0.1) is 25.0 Å². The molecule has 1 aliphatic rings. The minimum absolute atomic E-state index is 0.0373. The third-order valence-electron chi connectivity index (χ3n) is 5.42. The van der Waals surface area contributed by atoms with Crippen LogP contribution in [0.5, 0.6) is 0 Å². The number of anilines is 5. The van der Waals surface area contributed by atoms with Gasteiger partial charge in [0, 0.05) is 37.0 Å². The van der Waals surface area contributed by atoms with E-state index in [1.54, 1.807) is 18.2 Å². The van der Waals surface area contributed by atoms with Crippen molar-refractivity contribution in [3.05, 3.63) is 53.6 Å². The van der Waals surface area contributed by atoms with Gasteiger partial charge in [0.15, 0.2) is 5.82 Å². The van der Waals surface area contributed by atoms with Crippen molar-refractivity contribution < 1.29 is 39.4 Å². The van der Waals surface area contributed by atoms with Gasteiger partial charge in [-0.1, -0.05) is 0 Å².